The van der Waals surface area contributed by atoms with Gasteiger partial charge in [-0.3, -0.25) is 9.59 Å². The lowest BCUT2D eigenvalue weighted by molar-refractivity contribution is -0.137. The Hall–Kier alpha value is -4.21. The summed E-state index contributed by atoms with van der Waals surface area (Å²) in [6.45, 7) is 3.58. The predicted octanol–water partition coefficient (Wildman–Crippen LogP) is 5.70. The topological polar surface area (TPSA) is 76.0 Å². The van der Waals surface area contributed by atoms with Gasteiger partial charge in [0.1, 0.15) is 5.82 Å². The van der Waals surface area contributed by atoms with Crippen molar-refractivity contribution in [3.05, 3.63) is 93.0 Å². The van der Waals surface area contributed by atoms with Gasteiger partial charge in [0, 0.05) is 24.4 Å². The molecule has 0 fully saturated rings. The lowest BCUT2D eigenvalue weighted by Gasteiger charge is -2.17. The number of amides is 1. The van der Waals surface area contributed by atoms with Crippen molar-refractivity contribution in [2.24, 2.45) is 7.05 Å². The third-order valence-corrected chi connectivity index (χ3v) is 5.54. The van der Waals surface area contributed by atoms with Gasteiger partial charge in [0.15, 0.2) is 5.82 Å². The van der Waals surface area contributed by atoms with Gasteiger partial charge in [-0.05, 0) is 55.3 Å². The number of carbonyl (C=O) groups excluding carboxylic acids is 1. The lowest BCUT2D eigenvalue weighted by Crippen LogP contribution is -2.19. The number of halogens is 4. The average Bonchev–Trinajstić information content (AvgIpc) is 2.78. The van der Waals surface area contributed by atoms with Crippen LogP contribution in [-0.2, 0) is 13.2 Å². The van der Waals surface area contributed by atoms with Crippen LogP contribution in [0.5, 0.6) is 0 Å². The minimum Gasteiger partial charge on any atom is -0.338 e. The van der Waals surface area contributed by atoms with Crippen molar-refractivity contribution in [3.63, 3.8) is 0 Å². The second-order valence-electron chi connectivity index (χ2n) is 8.10. The van der Waals surface area contributed by atoms with Crippen LogP contribution in [0.2, 0.25) is 0 Å². The molecule has 0 unspecified atom stereocenters. The number of carbonyl (C=O) groups is 1. The summed E-state index contributed by atoms with van der Waals surface area (Å²) in [4.78, 5) is 29.8. The number of fused-ring (bicyclic) bond motifs is 1. The van der Waals surface area contributed by atoms with E-state index in [2.05, 4.69) is 15.6 Å². The average molecular weight is 484 g/mol. The van der Waals surface area contributed by atoms with Crippen LogP contribution in [0.1, 0.15) is 27.0 Å². The molecule has 180 valence electrons. The van der Waals surface area contributed by atoms with E-state index in [0.717, 1.165) is 5.56 Å². The molecular formula is C25H20F4N4O2. The maximum atomic E-state index is 13.9. The van der Waals surface area contributed by atoms with Crippen molar-refractivity contribution in [2.75, 3.05) is 10.6 Å². The van der Waals surface area contributed by atoms with Gasteiger partial charge in [-0.2, -0.15) is 13.2 Å². The summed E-state index contributed by atoms with van der Waals surface area (Å²) < 4.78 is 54.6. The molecule has 0 saturated carbocycles. The van der Waals surface area contributed by atoms with Crippen molar-refractivity contribution in [1.29, 1.82) is 0 Å². The highest BCUT2D eigenvalue weighted by atomic mass is 19.4. The highest BCUT2D eigenvalue weighted by Crippen LogP contribution is 2.32. The van der Waals surface area contributed by atoms with E-state index in [1.807, 2.05) is 19.1 Å². The third-order valence-electron chi connectivity index (χ3n) is 5.54. The Balaban J connectivity index is 1.84. The van der Waals surface area contributed by atoms with Gasteiger partial charge in [0.05, 0.1) is 22.3 Å². The highest BCUT2D eigenvalue weighted by Gasteiger charge is 2.32. The van der Waals surface area contributed by atoms with E-state index in [1.54, 1.807) is 19.1 Å². The molecule has 1 amide bonds. The van der Waals surface area contributed by atoms with Crippen LogP contribution in [0.4, 0.5) is 34.8 Å². The summed E-state index contributed by atoms with van der Waals surface area (Å²) in [6, 6.07) is 11.8. The van der Waals surface area contributed by atoms with Gasteiger partial charge >= 0.3 is 6.18 Å². The van der Waals surface area contributed by atoms with E-state index in [-0.39, 0.29) is 17.1 Å². The van der Waals surface area contributed by atoms with Crippen molar-refractivity contribution in [3.8, 4) is 0 Å². The fraction of sp³-hybridized carbons (Fsp3) is 0.160. The smallest absolute Gasteiger partial charge is 0.338 e. The Bertz CT molecular complexity index is 1530. The van der Waals surface area contributed by atoms with Gasteiger partial charge in [0.25, 0.3) is 11.5 Å². The molecule has 4 aromatic rings. The molecule has 2 heterocycles. The normalized spacial score (nSPS) is 11.5. The van der Waals surface area contributed by atoms with Crippen LogP contribution in [-0.4, -0.2) is 15.5 Å². The van der Waals surface area contributed by atoms with Crippen LogP contribution < -0.4 is 16.2 Å². The zero-order valence-electron chi connectivity index (χ0n) is 18.9. The first-order valence-corrected chi connectivity index (χ1v) is 10.5. The second-order valence-corrected chi connectivity index (χ2v) is 8.10. The molecule has 2 aromatic heterocycles. The zero-order valence-corrected chi connectivity index (χ0v) is 18.9. The summed E-state index contributed by atoms with van der Waals surface area (Å²) in [7, 11) is 1.54. The minimum atomic E-state index is -4.82. The summed E-state index contributed by atoms with van der Waals surface area (Å²) in [6.07, 6.45) is -4.82. The number of rotatable bonds is 4. The first-order chi connectivity index (χ1) is 16.4. The number of alkyl halides is 3. The quantitative estimate of drug-likeness (QED) is 0.364. The molecule has 0 spiro atoms. The molecule has 0 aliphatic heterocycles. The van der Waals surface area contributed by atoms with Crippen molar-refractivity contribution in [1.82, 2.24) is 9.55 Å². The Morgan fingerprint density at radius 2 is 1.69 bits per heavy atom. The number of hydrogen-bond acceptors (Lipinski definition) is 4. The van der Waals surface area contributed by atoms with Gasteiger partial charge in [0.2, 0.25) is 0 Å². The van der Waals surface area contributed by atoms with Gasteiger partial charge in [-0.15, -0.1) is 0 Å². The molecule has 4 rings (SSSR count). The molecule has 0 aliphatic carbocycles. The van der Waals surface area contributed by atoms with Crippen LogP contribution in [0.3, 0.4) is 0 Å². The Kier molecular flexibility index (Phi) is 6.06. The predicted molar refractivity (Wildman–Crippen MR) is 126 cm³/mol. The number of hydrogen-bond donors (Lipinski definition) is 2. The molecule has 0 bridgehead atoms. The molecule has 2 N–H and O–H groups in total. The highest BCUT2D eigenvalue weighted by molar-refractivity contribution is 6.07. The van der Waals surface area contributed by atoms with Gasteiger partial charge in [-0.1, -0.05) is 18.2 Å². The van der Waals surface area contributed by atoms with Crippen LogP contribution in [0.25, 0.3) is 11.0 Å². The molecule has 0 atom stereocenters. The molecule has 35 heavy (non-hydrogen) atoms. The Labute approximate surface area is 197 Å². The number of para-hydroxylation sites is 1. The van der Waals surface area contributed by atoms with E-state index in [1.165, 1.54) is 23.7 Å². The first kappa shape index (κ1) is 23.9. The van der Waals surface area contributed by atoms with E-state index in [4.69, 9.17) is 0 Å². The Morgan fingerprint density at radius 3 is 2.37 bits per heavy atom. The van der Waals surface area contributed by atoms with E-state index < -0.39 is 29.0 Å². The molecule has 0 saturated heterocycles. The first-order valence-electron chi connectivity index (χ1n) is 10.5. The summed E-state index contributed by atoms with van der Waals surface area (Å²) >= 11 is 0. The fourth-order valence-corrected chi connectivity index (χ4v) is 3.63. The van der Waals surface area contributed by atoms with Gasteiger partial charge in [-0.25, -0.2) is 9.37 Å². The fourth-order valence-electron chi connectivity index (χ4n) is 3.63. The van der Waals surface area contributed by atoms with E-state index in [9.17, 15) is 27.2 Å². The number of pyridine rings is 2. The number of nitrogens with one attached hydrogen (secondary N) is 2. The second kappa shape index (κ2) is 8.86. The maximum absolute atomic E-state index is 13.9. The van der Waals surface area contributed by atoms with Crippen molar-refractivity contribution < 1.29 is 22.4 Å². The molecule has 0 aliphatic rings. The van der Waals surface area contributed by atoms with Gasteiger partial charge < -0.3 is 15.2 Å². The molecule has 2 aromatic carbocycles. The summed E-state index contributed by atoms with van der Waals surface area (Å²) in [5.74, 6) is -1.96. The lowest BCUT2D eigenvalue weighted by atomic mass is 10.1. The standard InChI is InChI=1S/C25H20F4N4O2/c1-13-6-4-5-7-18(13)30-23-19(12-20-22(32-23)14(2)8-21(34)33(20)3)31-24(35)15-9-16(25(27,28)29)11-17(26)10-15/h4-12H,1-3H3,(H,30,32)(H,31,35). The number of nitrogens with zero attached hydrogens (tertiary/aromatic N) is 2. The molecule has 6 nitrogen and oxygen atoms in total. The largest absolute Gasteiger partial charge is 0.416 e. The number of benzene rings is 2. The van der Waals surface area contributed by atoms with Crippen LogP contribution in [0.15, 0.2) is 59.4 Å². The maximum Gasteiger partial charge on any atom is 0.416 e. The minimum absolute atomic E-state index is 0.101. The number of anilines is 3. The molecule has 10 heteroatoms. The van der Waals surface area contributed by atoms with E-state index in [0.29, 0.717) is 40.5 Å². The third kappa shape index (κ3) is 4.86. The molecule has 0 radical (unpaired) electrons. The van der Waals surface area contributed by atoms with E-state index >= 15 is 0 Å². The van der Waals surface area contributed by atoms with Crippen LogP contribution >= 0.6 is 0 Å². The Morgan fingerprint density at radius 1 is 0.971 bits per heavy atom. The monoisotopic (exact) mass is 484 g/mol. The summed E-state index contributed by atoms with van der Waals surface area (Å²) in [5, 5.41) is 5.65. The molecular weight excluding hydrogens is 464 g/mol. The SMILES string of the molecule is Cc1ccccc1Nc1nc2c(C)cc(=O)n(C)c2cc1NC(=O)c1cc(F)cc(C(F)(F)F)c1. The number of aromatic nitrogens is 2. The zero-order chi connectivity index (χ0) is 25.5. The van der Waals surface area contributed by atoms with Crippen molar-refractivity contribution >= 4 is 34.1 Å². The van der Waals surface area contributed by atoms with Crippen molar-refractivity contribution in [2.45, 2.75) is 20.0 Å². The van der Waals surface area contributed by atoms with Crippen LogP contribution in [0, 0.1) is 19.7 Å². The summed E-state index contributed by atoms with van der Waals surface area (Å²) in [5.41, 5.74) is 1.06. The number of aryl methyl sites for hydroxylation is 3.